The number of anilines is 1. The Hall–Kier alpha value is -3.15. The highest BCUT2D eigenvalue weighted by Crippen LogP contribution is 2.19. The lowest BCUT2D eigenvalue weighted by molar-refractivity contribution is 0.0746. The number of methoxy groups -OCH3 is 1. The molecule has 2 heterocycles. The first-order chi connectivity index (χ1) is 12.7. The number of fused-ring (bicyclic) bond motifs is 1. The van der Waals surface area contributed by atoms with Gasteiger partial charge in [0.15, 0.2) is 5.82 Å². The minimum Gasteiger partial charge on any atom is -0.480 e. The number of carbonyl (C=O) groups is 1. The summed E-state index contributed by atoms with van der Waals surface area (Å²) in [6.45, 7) is 2.80. The van der Waals surface area contributed by atoms with Crippen LogP contribution < -0.4 is 9.64 Å². The molecule has 1 saturated heterocycles. The molecule has 1 aromatic heterocycles. The minimum atomic E-state index is 0.0798. The summed E-state index contributed by atoms with van der Waals surface area (Å²) in [4.78, 5) is 16.9. The van der Waals surface area contributed by atoms with Crippen molar-refractivity contribution in [3.8, 4) is 5.88 Å². The fraction of sp³-hybridized carbons (Fsp3) is 0.250. The van der Waals surface area contributed by atoms with Crippen LogP contribution in [0.4, 0.5) is 5.82 Å². The fourth-order valence-electron chi connectivity index (χ4n) is 3.23. The molecule has 1 aliphatic heterocycles. The lowest BCUT2D eigenvalue weighted by atomic mass is 10.1. The van der Waals surface area contributed by atoms with Crippen LogP contribution in [0, 0.1) is 0 Å². The van der Waals surface area contributed by atoms with Gasteiger partial charge in [-0.15, -0.1) is 10.2 Å². The lowest BCUT2D eigenvalue weighted by Crippen LogP contribution is -2.49. The molecular weight excluding hydrogens is 328 g/mol. The van der Waals surface area contributed by atoms with E-state index in [9.17, 15) is 4.79 Å². The van der Waals surface area contributed by atoms with Gasteiger partial charge >= 0.3 is 0 Å². The van der Waals surface area contributed by atoms with Gasteiger partial charge in [0.2, 0.25) is 5.88 Å². The molecular formula is C20H20N4O2. The second kappa shape index (κ2) is 7.00. The predicted molar refractivity (Wildman–Crippen MR) is 101 cm³/mol. The van der Waals surface area contributed by atoms with E-state index in [0.717, 1.165) is 35.2 Å². The molecule has 3 aromatic rings. The van der Waals surface area contributed by atoms with Crippen molar-refractivity contribution in [3.05, 3.63) is 60.2 Å². The molecule has 0 aliphatic carbocycles. The number of hydrogen-bond acceptors (Lipinski definition) is 5. The van der Waals surface area contributed by atoms with E-state index in [0.29, 0.717) is 19.0 Å². The molecule has 26 heavy (non-hydrogen) atoms. The van der Waals surface area contributed by atoms with Gasteiger partial charge in [0.1, 0.15) is 0 Å². The monoisotopic (exact) mass is 348 g/mol. The normalized spacial score (nSPS) is 14.5. The third-order valence-corrected chi connectivity index (χ3v) is 4.72. The van der Waals surface area contributed by atoms with Crippen LogP contribution in [0.5, 0.6) is 5.88 Å². The van der Waals surface area contributed by atoms with Gasteiger partial charge in [-0.2, -0.15) is 0 Å². The maximum atomic E-state index is 12.8. The van der Waals surface area contributed by atoms with E-state index in [1.54, 1.807) is 13.2 Å². The van der Waals surface area contributed by atoms with E-state index in [-0.39, 0.29) is 5.91 Å². The molecule has 6 heteroatoms. The molecule has 0 radical (unpaired) electrons. The number of carbonyl (C=O) groups excluding carboxylic acids is 1. The van der Waals surface area contributed by atoms with Crippen molar-refractivity contribution >= 4 is 22.5 Å². The molecule has 0 atom stereocenters. The van der Waals surface area contributed by atoms with Crippen LogP contribution in [0.1, 0.15) is 10.4 Å². The van der Waals surface area contributed by atoms with E-state index in [1.807, 2.05) is 47.4 Å². The van der Waals surface area contributed by atoms with E-state index < -0.39 is 0 Å². The SMILES string of the molecule is COc1ccc(N2CCN(C(=O)c3ccc4ccccc4c3)CC2)nn1. The molecule has 0 saturated carbocycles. The van der Waals surface area contributed by atoms with Crippen LogP contribution in [0.15, 0.2) is 54.6 Å². The Morgan fingerprint density at radius 1 is 0.923 bits per heavy atom. The molecule has 132 valence electrons. The highest BCUT2D eigenvalue weighted by Gasteiger charge is 2.23. The Bertz CT molecular complexity index is 919. The number of piperazine rings is 1. The van der Waals surface area contributed by atoms with Crippen molar-refractivity contribution in [1.82, 2.24) is 15.1 Å². The zero-order chi connectivity index (χ0) is 17.9. The van der Waals surface area contributed by atoms with E-state index in [1.165, 1.54) is 0 Å². The number of ether oxygens (including phenoxy) is 1. The number of amides is 1. The molecule has 1 amide bonds. The van der Waals surface area contributed by atoms with Gasteiger partial charge in [0.05, 0.1) is 7.11 Å². The second-order valence-electron chi connectivity index (χ2n) is 6.28. The molecule has 0 unspecified atom stereocenters. The maximum Gasteiger partial charge on any atom is 0.253 e. The summed E-state index contributed by atoms with van der Waals surface area (Å²) in [5, 5.41) is 10.4. The minimum absolute atomic E-state index is 0.0798. The third-order valence-electron chi connectivity index (χ3n) is 4.72. The summed E-state index contributed by atoms with van der Waals surface area (Å²) in [6, 6.07) is 17.7. The molecule has 2 aromatic carbocycles. The van der Waals surface area contributed by atoms with Crippen molar-refractivity contribution in [3.63, 3.8) is 0 Å². The number of hydrogen-bond donors (Lipinski definition) is 0. The Kier molecular flexibility index (Phi) is 4.39. The zero-order valence-electron chi connectivity index (χ0n) is 14.6. The quantitative estimate of drug-likeness (QED) is 0.728. The van der Waals surface area contributed by atoms with Crippen molar-refractivity contribution in [2.24, 2.45) is 0 Å². The fourth-order valence-corrected chi connectivity index (χ4v) is 3.23. The average molecular weight is 348 g/mol. The van der Waals surface area contributed by atoms with Gasteiger partial charge in [-0.1, -0.05) is 30.3 Å². The largest absolute Gasteiger partial charge is 0.480 e. The zero-order valence-corrected chi connectivity index (χ0v) is 14.6. The second-order valence-corrected chi connectivity index (χ2v) is 6.28. The Labute approximate surface area is 152 Å². The molecule has 6 nitrogen and oxygen atoms in total. The summed E-state index contributed by atoms with van der Waals surface area (Å²) in [7, 11) is 1.57. The first-order valence-electron chi connectivity index (χ1n) is 8.65. The highest BCUT2D eigenvalue weighted by molar-refractivity contribution is 5.98. The predicted octanol–water partition coefficient (Wildman–Crippen LogP) is 2.60. The van der Waals surface area contributed by atoms with Crippen molar-refractivity contribution in [2.75, 3.05) is 38.2 Å². The summed E-state index contributed by atoms with van der Waals surface area (Å²) in [5.74, 6) is 1.39. The molecule has 1 aliphatic rings. The Morgan fingerprint density at radius 2 is 1.69 bits per heavy atom. The van der Waals surface area contributed by atoms with Crippen LogP contribution in [-0.4, -0.2) is 54.3 Å². The first kappa shape index (κ1) is 16.3. The highest BCUT2D eigenvalue weighted by atomic mass is 16.5. The number of rotatable bonds is 3. The average Bonchev–Trinajstić information content (AvgIpc) is 2.73. The van der Waals surface area contributed by atoms with Crippen molar-refractivity contribution < 1.29 is 9.53 Å². The van der Waals surface area contributed by atoms with Crippen LogP contribution in [0.3, 0.4) is 0 Å². The number of benzene rings is 2. The van der Waals surface area contributed by atoms with Crippen LogP contribution >= 0.6 is 0 Å². The maximum absolute atomic E-state index is 12.8. The summed E-state index contributed by atoms with van der Waals surface area (Å²) < 4.78 is 5.04. The van der Waals surface area contributed by atoms with Crippen LogP contribution in [-0.2, 0) is 0 Å². The van der Waals surface area contributed by atoms with Gasteiger partial charge in [-0.05, 0) is 29.0 Å². The first-order valence-corrected chi connectivity index (χ1v) is 8.65. The standard InChI is InChI=1S/C20H20N4O2/c1-26-19-9-8-18(21-22-19)23-10-12-24(13-11-23)20(25)17-7-6-15-4-2-3-5-16(15)14-17/h2-9,14H,10-13H2,1H3. The van der Waals surface area contributed by atoms with Crippen molar-refractivity contribution in [1.29, 1.82) is 0 Å². The lowest BCUT2D eigenvalue weighted by Gasteiger charge is -2.35. The van der Waals surface area contributed by atoms with Gasteiger partial charge in [0, 0.05) is 37.8 Å². The van der Waals surface area contributed by atoms with Crippen LogP contribution in [0.25, 0.3) is 10.8 Å². The third kappa shape index (κ3) is 3.18. The Morgan fingerprint density at radius 3 is 2.38 bits per heavy atom. The molecule has 0 spiro atoms. The van der Waals surface area contributed by atoms with Gasteiger partial charge in [-0.3, -0.25) is 4.79 Å². The van der Waals surface area contributed by atoms with Gasteiger partial charge < -0.3 is 14.5 Å². The number of aromatic nitrogens is 2. The Balaban J connectivity index is 1.43. The van der Waals surface area contributed by atoms with Gasteiger partial charge in [-0.25, -0.2) is 0 Å². The van der Waals surface area contributed by atoms with Crippen molar-refractivity contribution in [2.45, 2.75) is 0 Å². The topological polar surface area (TPSA) is 58.6 Å². The summed E-state index contributed by atoms with van der Waals surface area (Å²) in [5.41, 5.74) is 0.737. The smallest absolute Gasteiger partial charge is 0.253 e. The van der Waals surface area contributed by atoms with E-state index in [4.69, 9.17) is 4.74 Å². The van der Waals surface area contributed by atoms with Gasteiger partial charge in [0.25, 0.3) is 5.91 Å². The molecule has 1 fully saturated rings. The van der Waals surface area contributed by atoms with E-state index >= 15 is 0 Å². The molecule has 0 N–H and O–H groups in total. The molecule has 0 bridgehead atoms. The number of nitrogens with zero attached hydrogens (tertiary/aromatic N) is 4. The van der Waals surface area contributed by atoms with Crippen LogP contribution in [0.2, 0.25) is 0 Å². The molecule has 4 rings (SSSR count). The summed E-state index contributed by atoms with van der Waals surface area (Å²) >= 11 is 0. The van der Waals surface area contributed by atoms with E-state index in [2.05, 4.69) is 21.2 Å². The summed E-state index contributed by atoms with van der Waals surface area (Å²) in [6.07, 6.45) is 0.